The van der Waals surface area contributed by atoms with Crippen LogP contribution in [0.1, 0.15) is 17.7 Å². The smallest absolute Gasteiger partial charge is 0.317 e. The van der Waals surface area contributed by atoms with E-state index in [4.69, 9.17) is 0 Å². The molecule has 130 valence electrons. The summed E-state index contributed by atoms with van der Waals surface area (Å²) in [6.07, 6.45) is 5.75. The van der Waals surface area contributed by atoms with Crippen LogP contribution < -0.4 is 5.32 Å². The third-order valence-electron chi connectivity index (χ3n) is 4.57. The molecule has 0 spiro atoms. The highest BCUT2D eigenvalue weighted by atomic mass is 32.1. The van der Waals surface area contributed by atoms with Crippen LogP contribution in [0.15, 0.2) is 42.0 Å². The molecule has 5 nitrogen and oxygen atoms in total. The Morgan fingerprint density at radius 1 is 1.36 bits per heavy atom. The number of urea groups is 1. The van der Waals surface area contributed by atoms with Crippen molar-refractivity contribution in [2.75, 3.05) is 13.1 Å². The zero-order chi connectivity index (χ0) is 17.2. The highest BCUT2D eigenvalue weighted by Gasteiger charge is 2.26. The van der Waals surface area contributed by atoms with E-state index in [1.54, 1.807) is 11.3 Å². The predicted octanol–water partition coefficient (Wildman–Crippen LogP) is 3.31. The molecule has 0 aliphatic carbocycles. The fraction of sp³-hybridized carbons (Fsp3) is 0.333. The number of likely N-dealkylation sites (tertiary alicyclic amines) is 1. The Kier molecular flexibility index (Phi) is 4.40. The lowest BCUT2D eigenvalue weighted by atomic mass is 9.99. The van der Waals surface area contributed by atoms with Crippen LogP contribution in [0.3, 0.4) is 0 Å². The molecule has 3 aromatic rings. The van der Waals surface area contributed by atoms with E-state index in [2.05, 4.69) is 10.3 Å². The lowest BCUT2D eigenvalue weighted by Crippen LogP contribution is -2.38. The Balaban J connectivity index is 1.28. The average molecular weight is 358 g/mol. The highest BCUT2D eigenvalue weighted by Crippen LogP contribution is 2.21. The number of amides is 2. The van der Waals surface area contributed by atoms with Gasteiger partial charge in [-0.25, -0.2) is 14.2 Å². The topological polar surface area (TPSA) is 49.6 Å². The molecular formula is C18H19FN4OS. The van der Waals surface area contributed by atoms with Crippen LogP contribution in [-0.2, 0) is 13.0 Å². The molecule has 2 amide bonds. The van der Waals surface area contributed by atoms with Crippen LogP contribution in [0, 0.1) is 11.7 Å². The number of nitrogens with one attached hydrogen (secondary N) is 1. The minimum atomic E-state index is -0.213. The first-order valence-electron chi connectivity index (χ1n) is 8.35. The van der Waals surface area contributed by atoms with Gasteiger partial charge in [-0.1, -0.05) is 12.1 Å². The third-order valence-corrected chi connectivity index (χ3v) is 5.35. The Morgan fingerprint density at radius 2 is 2.20 bits per heavy atom. The summed E-state index contributed by atoms with van der Waals surface area (Å²) in [5, 5.41) is 4.93. The summed E-state index contributed by atoms with van der Waals surface area (Å²) in [4.78, 5) is 19.6. The minimum Gasteiger partial charge on any atom is -0.332 e. The number of nitrogens with zero attached hydrogens (tertiary/aromatic N) is 3. The molecule has 7 heteroatoms. The average Bonchev–Trinajstić information content (AvgIpc) is 3.30. The number of halogens is 1. The lowest BCUT2D eigenvalue weighted by Gasteiger charge is -2.17. The van der Waals surface area contributed by atoms with Crippen molar-refractivity contribution in [1.29, 1.82) is 0 Å². The number of thiazole rings is 1. The standard InChI is InChI=1S/C18H19FN4OS/c19-15-3-1-13(2-4-15)9-14-5-6-22(11-14)17(24)20-10-16-12-23-7-8-25-18(23)21-16/h1-4,7-8,12,14H,5-6,9-11H2,(H,20,24). The fourth-order valence-electron chi connectivity index (χ4n) is 3.28. The number of carbonyl (C=O) groups excluding carboxylic acids is 1. The van der Waals surface area contributed by atoms with Crippen LogP contribution >= 0.6 is 11.3 Å². The minimum absolute atomic E-state index is 0.0436. The van der Waals surface area contributed by atoms with Gasteiger partial charge in [0.15, 0.2) is 4.96 Å². The van der Waals surface area contributed by atoms with Crippen LogP contribution in [0.4, 0.5) is 9.18 Å². The number of fused-ring (bicyclic) bond motifs is 1. The van der Waals surface area contributed by atoms with Gasteiger partial charge < -0.3 is 10.2 Å². The van der Waals surface area contributed by atoms with Crippen LogP contribution in [0.25, 0.3) is 4.96 Å². The second-order valence-electron chi connectivity index (χ2n) is 6.42. The molecule has 0 saturated carbocycles. The van der Waals surface area contributed by atoms with Gasteiger partial charge in [0, 0.05) is 30.9 Å². The van der Waals surface area contributed by atoms with Crippen LogP contribution in [-0.4, -0.2) is 33.4 Å². The Hall–Kier alpha value is -2.41. The van der Waals surface area contributed by atoms with Crippen molar-refractivity contribution in [3.8, 4) is 0 Å². The van der Waals surface area contributed by atoms with Gasteiger partial charge in [-0.15, -0.1) is 11.3 Å². The molecule has 3 heterocycles. The molecule has 25 heavy (non-hydrogen) atoms. The highest BCUT2D eigenvalue weighted by molar-refractivity contribution is 7.15. The molecule has 1 atom stereocenters. The molecule has 4 rings (SSSR count). The number of rotatable bonds is 4. The van der Waals surface area contributed by atoms with Crippen molar-refractivity contribution in [2.24, 2.45) is 5.92 Å². The van der Waals surface area contributed by atoms with Gasteiger partial charge in [0.25, 0.3) is 0 Å². The van der Waals surface area contributed by atoms with Gasteiger partial charge in [0.1, 0.15) is 5.82 Å². The summed E-state index contributed by atoms with van der Waals surface area (Å²) < 4.78 is 14.9. The maximum absolute atomic E-state index is 13.0. The number of aromatic nitrogens is 2. The van der Waals surface area contributed by atoms with Crippen molar-refractivity contribution in [3.05, 3.63) is 59.1 Å². The zero-order valence-corrected chi connectivity index (χ0v) is 14.5. The molecule has 1 aliphatic rings. The normalized spacial score (nSPS) is 17.3. The van der Waals surface area contributed by atoms with Gasteiger partial charge >= 0.3 is 6.03 Å². The van der Waals surface area contributed by atoms with Gasteiger partial charge in [-0.05, 0) is 36.5 Å². The Morgan fingerprint density at radius 3 is 3.00 bits per heavy atom. The first kappa shape index (κ1) is 16.1. The van der Waals surface area contributed by atoms with Crippen molar-refractivity contribution in [3.63, 3.8) is 0 Å². The molecule has 0 radical (unpaired) electrons. The SMILES string of the molecule is O=C(NCc1cn2ccsc2n1)N1CCC(Cc2ccc(F)cc2)C1. The van der Waals surface area contributed by atoms with Crippen molar-refractivity contribution >= 4 is 22.3 Å². The maximum atomic E-state index is 13.0. The summed E-state index contributed by atoms with van der Waals surface area (Å²) in [6.45, 7) is 1.93. The number of imidazole rings is 1. The lowest BCUT2D eigenvalue weighted by molar-refractivity contribution is 0.206. The number of benzene rings is 1. The van der Waals surface area contributed by atoms with Gasteiger partial charge in [-0.3, -0.25) is 4.40 Å². The molecule has 2 aromatic heterocycles. The molecule has 1 aromatic carbocycles. The third kappa shape index (κ3) is 3.66. The maximum Gasteiger partial charge on any atom is 0.317 e. The molecular weight excluding hydrogens is 339 g/mol. The summed E-state index contributed by atoms with van der Waals surface area (Å²) in [5.41, 5.74) is 1.98. The predicted molar refractivity (Wildman–Crippen MR) is 95.1 cm³/mol. The van der Waals surface area contributed by atoms with E-state index in [0.29, 0.717) is 12.5 Å². The van der Waals surface area contributed by atoms with E-state index in [-0.39, 0.29) is 11.8 Å². The quantitative estimate of drug-likeness (QED) is 0.778. The van der Waals surface area contributed by atoms with E-state index in [0.717, 1.165) is 42.1 Å². The second-order valence-corrected chi connectivity index (χ2v) is 7.29. The van der Waals surface area contributed by atoms with E-state index >= 15 is 0 Å². The van der Waals surface area contributed by atoms with E-state index in [1.165, 1.54) is 12.1 Å². The van der Waals surface area contributed by atoms with Crippen molar-refractivity contribution in [2.45, 2.75) is 19.4 Å². The molecule has 1 saturated heterocycles. The monoisotopic (exact) mass is 358 g/mol. The van der Waals surface area contributed by atoms with Gasteiger partial charge in [0.05, 0.1) is 12.2 Å². The summed E-state index contributed by atoms with van der Waals surface area (Å²) in [7, 11) is 0. The van der Waals surface area contributed by atoms with Crippen molar-refractivity contribution in [1.82, 2.24) is 19.6 Å². The Labute approximate surface area is 149 Å². The van der Waals surface area contributed by atoms with Crippen molar-refractivity contribution < 1.29 is 9.18 Å². The number of hydrogen-bond acceptors (Lipinski definition) is 3. The van der Waals surface area contributed by atoms with E-state index in [1.807, 2.05) is 39.2 Å². The summed E-state index contributed by atoms with van der Waals surface area (Å²) >= 11 is 1.58. The second kappa shape index (κ2) is 6.84. The number of carbonyl (C=O) groups is 1. The molecule has 1 aliphatic heterocycles. The van der Waals surface area contributed by atoms with Gasteiger partial charge in [0.2, 0.25) is 0 Å². The summed E-state index contributed by atoms with van der Waals surface area (Å²) in [5.74, 6) is 0.212. The van der Waals surface area contributed by atoms with E-state index < -0.39 is 0 Å². The van der Waals surface area contributed by atoms with Crippen LogP contribution in [0.2, 0.25) is 0 Å². The Bertz CT molecular complexity index is 844. The first-order chi connectivity index (χ1) is 12.2. The molecule has 1 fully saturated rings. The first-order valence-corrected chi connectivity index (χ1v) is 9.23. The summed E-state index contributed by atoms with van der Waals surface area (Å²) in [6, 6.07) is 6.58. The van der Waals surface area contributed by atoms with Gasteiger partial charge in [-0.2, -0.15) is 0 Å². The zero-order valence-electron chi connectivity index (χ0n) is 13.7. The number of hydrogen-bond donors (Lipinski definition) is 1. The largest absolute Gasteiger partial charge is 0.332 e. The molecule has 1 N–H and O–H groups in total. The molecule has 1 unspecified atom stereocenters. The molecule has 0 bridgehead atoms. The fourth-order valence-corrected chi connectivity index (χ4v) is 4.00. The van der Waals surface area contributed by atoms with E-state index in [9.17, 15) is 9.18 Å². The van der Waals surface area contributed by atoms with Crippen LogP contribution in [0.5, 0.6) is 0 Å².